The van der Waals surface area contributed by atoms with Crippen LogP contribution in [0.25, 0.3) is 0 Å². The number of nitrogens with one attached hydrogen (secondary N) is 2. The molecule has 0 aliphatic heterocycles. The van der Waals surface area contributed by atoms with E-state index in [0.29, 0.717) is 23.5 Å². The van der Waals surface area contributed by atoms with E-state index in [1.165, 1.54) is 17.4 Å². The highest BCUT2D eigenvalue weighted by Crippen LogP contribution is 2.33. The van der Waals surface area contributed by atoms with E-state index in [1.54, 1.807) is 7.11 Å². The van der Waals surface area contributed by atoms with Crippen LogP contribution in [-0.4, -0.2) is 30.6 Å². The zero-order valence-electron chi connectivity index (χ0n) is 17.4. The minimum Gasteiger partial charge on any atom is -0.505 e. The summed E-state index contributed by atoms with van der Waals surface area (Å²) in [6.45, 7) is 4.07. The minimum absolute atomic E-state index is 0.0431. The molecule has 3 aromatic rings. The molecule has 0 radical (unpaired) electrons. The summed E-state index contributed by atoms with van der Waals surface area (Å²) >= 11 is 1.28. The van der Waals surface area contributed by atoms with Crippen molar-refractivity contribution in [3.8, 4) is 11.5 Å². The Bertz CT molecular complexity index is 1130. The average Bonchev–Trinajstić information content (AvgIpc) is 3.03. The summed E-state index contributed by atoms with van der Waals surface area (Å²) in [5.74, 6) is -1.53. The first-order valence-corrected chi connectivity index (χ1v) is 10.4. The van der Waals surface area contributed by atoms with Crippen LogP contribution in [0.15, 0.2) is 42.5 Å². The Morgan fingerprint density at radius 2 is 1.87 bits per heavy atom. The van der Waals surface area contributed by atoms with Crippen molar-refractivity contribution in [2.24, 2.45) is 0 Å². The fourth-order valence-electron chi connectivity index (χ4n) is 3.12. The monoisotopic (exact) mass is 442 g/mol. The van der Waals surface area contributed by atoms with Gasteiger partial charge in [0.25, 0.3) is 11.8 Å². The van der Waals surface area contributed by atoms with E-state index in [-0.39, 0.29) is 11.5 Å². The molecule has 162 valence electrons. The number of carbonyl (C=O) groups excluding carboxylic acids is 2. The van der Waals surface area contributed by atoms with Crippen LogP contribution in [0.3, 0.4) is 0 Å². The third-order valence-electron chi connectivity index (χ3n) is 4.92. The molecule has 1 aromatic heterocycles. The lowest BCUT2D eigenvalue weighted by molar-refractivity contribution is 0.0954. The molecular formula is C23H23FN2O4S. The van der Waals surface area contributed by atoms with Gasteiger partial charge in [0.1, 0.15) is 10.8 Å². The number of aryl methyl sites for hydroxylation is 1. The van der Waals surface area contributed by atoms with Crippen LogP contribution in [0.4, 0.5) is 9.39 Å². The standard InChI is InChI=1S/C23H23FN2O4S/c1-13-14(2)31-23(26-21(28)16-8-9-18(27)17(24)12-16)20(13)22(29)25-11-10-15-6-4-5-7-19(15)30-3/h4-9,12,27H,10-11H2,1-3H3,(H,25,29)(H,26,28). The fraction of sp³-hybridized carbons (Fsp3) is 0.217. The molecule has 0 aliphatic carbocycles. The van der Waals surface area contributed by atoms with Crippen molar-refractivity contribution in [3.63, 3.8) is 0 Å². The Morgan fingerprint density at radius 3 is 2.58 bits per heavy atom. The maximum atomic E-state index is 13.6. The van der Waals surface area contributed by atoms with E-state index in [9.17, 15) is 19.1 Å². The van der Waals surface area contributed by atoms with Crippen LogP contribution in [0.2, 0.25) is 0 Å². The second kappa shape index (κ2) is 9.61. The van der Waals surface area contributed by atoms with Gasteiger partial charge < -0.3 is 20.5 Å². The number of para-hydroxylation sites is 1. The van der Waals surface area contributed by atoms with Crippen molar-refractivity contribution in [2.45, 2.75) is 20.3 Å². The van der Waals surface area contributed by atoms with Gasteiger partial charge in [-0.1, -0.05) is 18.2 Å². The lowest BCUT2D eigenvalue weighted by Gasteiger charge is -2.11. The maximum absolute atomic E-state index is 13.6. The minimum atomic E-state index is -0.888. The number of hydrogen-bond donors (Lipinski definition) is 3. The van der Waals surface area contributed by atoms with Gasteiger partial charge in [0.15, 0.2) is 11.6 Å². The summed E-state index contributed by atoms with van der Waals surface area (Å²) in [6.07, 6.45) is 0.590. The van der Waals surface area contributed by atoms with Gasteiger partial charge in [-0.3, -0.25) is 9.59 Å². The van der Waals surface area contributed by atoms with Crippen LogP contribution >= 0.6 is 11.3 Å². The lowest BCUT2D eigenvalue weighted by Crippen LogP contribution is -2.27. The van der Waals surface area contributed by atoms with Crippen LogP contribution in [0.5, 0.6) is 11.5 Å². The largest absolute Gasteiger partial charge is 0.505 e. The summed E-state index contributed by atoms with van der Waals surface area (Å²) < 4.78 is 18.9. The Kier molecular flexibility index (Phi) is 6.91. The van der Waals surface area contributed by atoms with E-state index >= 15 is 0 Å². The summed E-state index contributed by atoms with van der Waals surface area (Å²) in [5, 5.41) is 15.3. The van der Waals surface area contributed by atoms with Crippen LogP contribution in [0.1, 0.15) is 36.7 Å². The van der Waals surface area contributed by atoms with E-state index < -0.39 is 17.5 Å². The molecule has 0 unspecified atom stereocenters. The van der Waals surface area contributed by atoms with Crippen molar-refractivity contribution in [1.82, 2.24) is 5.32 Å². The maximum Gasteiger partial charge on any atom is 0.256 e. The third kappa shape index (κ3) is 5.03. The second-order valence-electron chi connectivity index (χ2n) is 6.93. The number of anilines is 1. The van der Waals surface area contributed by atoms with Gasteiger partial charge in [0.2, 0.25) is 0 Å². The molecule has 0 saturated carbocycles. The molecule has 6 nitrogen and oxygen atoms in total. The first-order chi connectivity index (χ1) is 14.8. The number of amides is 2. The van der Waals surface area contributed by atoms with Gasteiger partial charge in [0.05, 0.1) is 12.7 Å². The van der Waals surface area contributed by atoms with Crippen LogP contribution < -0.4 is 15.4 Å². The number of aromatic hydroxyl groups is 1. The van der Waals surface area contributed by atoms with Crippen molar-refractivity contribution in [2.75, 3.05) is 19.0 Å². The SMILES string of the molecule is COc1ccccc1CCNC(=O)c1c(NC(=O)c2ccc(O)c(F)c2)sc(C)c1C. The quantitative estimate of drug-likeness (QED) is 0.505. The molecule has 0 atom stereocenters. The molecule has 0 fully saturated rings. The highest BCUT2D eigenvalue weighted by Gasteiger charge is 2.22. The average molecular weight is 443 g/mol. The van der Waals surface area contributed by atoms with E-state index in [0.717, 1.165) is 33.9 Å². The fourth-order valence-corrected chi connectivity index (χ4v) is 4.17. The number of benzene rings is 2. The zero-order chi connectivity index (χ0) is 22.5. The molecule has 8 heteroatoms. The third-order valence-corrected chi connectivity index (χ3v) is 6.04. The molecule has 0 spiro atoms. The zero-order valence-corrected chi connectivity index (χ0v) is 18.2. The molecule has 3 N–H and O–H groups in total. The first-order valence-electron chi connectivity index (χ1n) is 9.61. The smallest absolute Gasteiger partial charge is 0.256 e. The van der Waals surface area contributed by atoms with Gasteiger partial charge in [-0.05, 0) is 55.7 Å². The predicted octanol–water partition coefficient (Wildman–Crippen LogP) is 4.44. The molecule has 2 aromatic carbocycles. The van der Waals surface area contributed by atoms with Gasteiger partial charge in [-0.15, -0.1) is 11.3 Å². The Morgan fingerprint density at radius 1 is 1.13 bits per heavy atom. The van der Waals surface area contributed by atoms with Gasteiger partial charge in [0, 0.05) is 17.0 Å². The summed E-state index contributed by atoms with van der Waals surface area (Å²) in [5.41, 5.74) is 2.18. The molecule has 0 bridgehead atoms. The molecule has 2 amide bonds. The van der Waals surface area contributed by atoms with Gasteiger partial charge >= 0.3 is 0 Å². The molecular weight excluding hydrogens is 419 g/mol. The van der Waals surface area contributed by atoms with Crippen molar-refractivity contribution in [1.29, 1.82) is 0 Å². The number of phenols is 1. The molecule has 31 heavy (non-hydrogen) atoms. The van der Waals surface area contributed by atoms with E-state index in [4.69, 9.17) is 4.74 Å². The topological polar surface area (TPSA) is 87.7 Å². The van der Waals surface area contributed by atoms with E-state index in [2.05, 4.69) is 10.6 Å². The van der Waals surface area contributed by atoms with Crippen molar-refractivity contribution in [3.05, 3.63) is 75.4 Å². The Balaban J connectivity index is 1.73. The molecule has 1 heterocycles. The summed E-state index contributed by atoms with van der Waals surface area (Å²) in [7, 11) is 1.60. The normalized spacial score (nSPS) is 10.6. The number of rotatable bonds is 7. The van der Waals surface area contributed by atoms with E-state index in [1.807, 2.05) is 38.1 Å². The van der Waals surface area contributed by atoms with Crippen LogP contribution in [0, 0.1) is 19.7 Å². The Labute approximate surface area is 183 Å². The van der Waals surface area contributed by atoms with Crippen molar-refractivity contribution < 1.29 is 23.8 Å². The summed E-state index contributed by atoms with van der Waals surface area (Å²) in [4.78, 5) is 26.3. The number of hydrogen-bond acceptors (Lipinski definition) is 5. The van der Waals surface area contributed by atoms with Gasteiger partial charge in [-0.2, -0.15) is 0 Å². The number of phenolic OH excluding ortho intramolecular Hbond substituents is 1. The number of carbonyl (C=O) groups is 2. The number of ether oxygens (including phenoxy) is 1. The number of thiophene rings is 1. The number of halogens is 1. The highest BCUT2D eigenvalue weighted by molar-refractivity contribution is 7.16. The predicted molar refractivity (Wildman–Crippen MR) is 119 cm³/mol. The van der Waals surface area contributed by atoms with Crippen molar-refractivity contribution >= 4 is 28.2 Å². The summed E-state index contributed by atoms with van der Waals surface area (Å²) in [6, 6.07) is 11.0. The van der Waals surface area contributed by atoms with Crippen LogP contribution in [-0.2, 0) is 6.42 Å². The molecule has 0 aliphatic rings. The van der Waals surface area contributed by atoms with Gasteiger partial charge in [-0.25, -0.2) is 4.39 Å². The molecule has 0 saturated heterocycles. The second-order valence-corrected chi connectivity index (χ2v) is 8.15. The Hall–Kier alpha value is -3.39. The first kappa shape index (κ1) is 22.3. The highest BCUT2D eigenvalue weighted by atomic mass is 32.1. The number of methoxy groups -OCH3 is 1. The molecule has 3 rings (SSSR count). The lowest BCUT2D eigenvalue weighted by atomic mass is 10.1.